The van der Waals surface area contributed by atoms with Gasteiger partial charge in [0.05, 0.1) is 6.54 Å². The molecule has 4 N–H and O–H groups in total. The summed E-state index contributed by atoms with van der Waals surface area (Å²) < 4.78 is 5.13. The van der Waals surface area contributed by atoms with Gasteiger partial charge >= 0.3 is 6.09 Å². The van der Waals surface area contributed by atoms with Crippen LogP contribution in [0, 0.1) is 0 Å². The van der Waals surface area contributed by atoms with E-state index in [1.165, 1.54) is 25.7 Å². The molecule has 130 valence electrons. The van der Waals surface area contributed by atoms with Crippen molar-refractivity contribution in [3.05, 3.63) is 0 Å². The van der Waals surface area contributed by atoms with E-state index in [-0.39, 0.29) is 24.0 Å². The van der Waals surface area contributed by atoms with Gasteiger partial charge in [0.2, 0.25) is 0 Å². The standard InChI is InChI=1S/C15H30N4O2.HI/c1-15(2,3)21-14(20)18-11-10-17-13(16)19-12-8-6-4-5-7-9-12;/h12H,4-11H2,1-3H3,(H,18,20)(H3,16,17,19);1H. The number of amides is 1. The Labute approximate surface area is 151 Å². The summed E-state index contributed by atoms with van der Waals surface area (Å²) in [4.78, 5) is 15.7. The van der Waals surface area contributed by atoms with Gasteiger partial charge in [0, 0.05) is 12.6 Å². The predicted molar refractivity (Wildman–Crippen MR) is 101 cm³/mol. The highest BCUT2D eigenvalue weighted by atomic mass is 127. The maximum Gasteiger partial charge on any atom is 0.407 e. The smallest absolute Gasteiger partial charge is 0.407 e. The first-order valence-corrected chi connectivity index (χ1v) is 7.90. The van der Waals surface area contributed by atoms with Crippen LogP contribution in [0.5, 0.6) is 0 Å². The van der Waals surface area contributed by atoms with Crippen LogP contribution in [0.15, 0.2) is 4.99 Å². The zero-order valence-electron chi connectivity index (χ0n) is 14.0. The first-order valence-electron chi connectivity index (χ1n) is 7.90. The molecule has 6 nitrogen and oxygen atoms in total. The lowest BCUT2D eigenvalue weighted by atomic mass is 10.1. The first kappa shape index (κ1) is 21.3. The minimum atomic E-state index is -0.479. The minimum Gasteiger partial charge on any atom is -0.444 e. The summed E-state index contributed by atoms with van der Waals surface area (Å²) in [5.41, 5.74) is 5.39. The van der Waals surface area contributed by atoms with Crippen LogP contribution in [-0.2, 0) is 4.74 Å². The average Bonchev–Trinajstić information content (AvgIpc) is 2.61. The van der Waals surface area contributed by atoms with Gasteiger partial charge in [0.25, 0.3) is 0 Å². The van der Waals surface area contributed by atoms with Gasteiger partial charge in [-0.25, -0.2) is 4.79 Å². The fraction of sp³-hybridized carbons (Fsp3) is 0.867. The van der Waals surface area contributed by atoms with Gasteiger partial charge in [-0.05, 0) is 33.6 Å². The minimum absolute atomic E-state index is 0. The molecule has 0 spiro atoms. The van der Waals surface area contributed by atoms with E-state index in [1.54, 1.807) is 0 Å². The largest absolute Gasteiger partial charge is 0.444 e. The Balaban J connectivity index is 0.00000441. The second-order valence-corrected chi connectivity index (χ2v) is 6.53. The van der Waals surface area contributed by atoms with Crippen LogP contribution in [0.2, 0.25) is 0 Å². The van der Waals surface area contributed by atoms with Gasteiger partial charge in [-0.2, -0.15) is 0 Å². The van der Waals surface area contributed by atoms with E-state index in [9.17, 15) is 4.79 Å². The van der Waals surface area contributed by atoms with Crippen LogP contribution in [-0.4, -0.2) is 36.8 Å². The van der Waals surface area contributed by atoms with Gasteiger partial charge < -0.3 is 21.1 Å². The number of halogens is 1. The third kappa shape index (κ3) is 10.9. The van der Waals surface area contributed by atoms with E-state index in [0.717, 1.165) is 12.8 Å². The third-order valence-corrected chi connectivity index (χ3v) is 3.27. The molecule has 1 saturated carbocycles. The highest BCUT2D eigenvalue weighted by Crippen LogP contribution is 2.16. The zero-order chi connectivity index (χ0) is 15.7. The predicted octanol–water partition coefficient (Wildman–Crippen LogP) is 2.76. The summed E-state index contributed by atoms with van der Waals surface area (Å²) >= 11 is 0. The van der Waals surface area contributed by atoms with Crippen LogP contribution in [0.4, 0.5) is 4.79 Å². The van der Waals surface area contributed by atoms with Crippen LogP contribution < -0.4 is 16.4 Å². The number of carbonyl (C=O) groups excluding carboxylic acids is 1. The van der Waals surface area contributed by atoms with Gasteiger partial charge in [-0.3, -0.25) is 4.99 Å². The van der Waals surface area contributed by atoms with Gasteiger partial charge in [0.1, 0.15) is 5.60 Å². The molecule has 0 atom stereocenters. The normalized spacial score (nSPS) is 17.1. The highest BCUT2D eigenvalue weighted by Gasteiger charge is 2.15. The molecule has 0 saturated heterocycles. The van der Waals surface area contributed by atoms with Crippen molar-refractivity contribution >= 4 is 36.0 Å². The Hall–Kier alpha value is -0.730. The molecule has 0 unspecified atom stereocenters. The van der Waals surface area contributed by atoms with Crippen LogP contribution >= 0.6 is 24.0 Å². The second-order valence-electron chi connectivity index (χ2n) is 6.53. The maximum atomic E-state index is 11.4. The number of aliphatic imine (C=N–C) groups is 1. The Morgan fingerprint density at radius 2 is 1.82 bits per heavy atom. The number of hydrogen-bond acceptors (Lipinski definition) is 3. The number of nitrogens with two attached hydrogens (primary N) is 1. The molecule has 0 aromatic rings. The molecule has 1 rings (SSSR count). The summed E-state index contributed by atoms with van der Waals surface area (Å²) in [6.07, 6.45) is 7.03. The van der Waals surface area contributed by atoms with E-state index in [0.29, 0.717) is 25.1 Å². The zero-order valence-corrected chi connectivity index (χ0v) is 16.3. The molecule has 1 aliphatic rings. The molecule has 0 aliphatic heterocycles. The van der Waals surface area contributed by atoms with Crippen molar-refractivity contribution in [3.63, 3.8) is 0 Å². The number of nitrogens with zero attached hydrogens (tertiary/aromatic N) is 1. The van der Waals surface area contributed by atoms with E-state index < -0.39 is 11.7 Å². The summed E-state index contributed by atoms with van der Waals surface area (Å²) in [6, 6.07) is 0.440. The van der Waals surface area contributed by atoms with Gasteiger partial charge in [-0.1, -0.05) is 25.7 Å². The lowest BCUT2D eigenvalue weighted by Gasteiger charge is -2.19. The SMILES string of the molecule is CC(C)(C)OC(=O)NCCN=C(N)NC1CCCCCC1.I. The van der Waals surface area contributed by atoms with Crippen molar-refractivity contribution < 1.29 is 9.53 Å². The lowest BCUT2D eigenvalue weighted by molar-refractivity contribution is 0.0529. The summed E-state index contributed by atoms with van der Waals surface area (Å²) in [5.74, 6) is 0.466. The number of ether oxygens (including phenoxy) is 1. The van der Waals surface area contributed by atoms with Crippen molar-refractivity contribution in [3.8, 4) is 0 Å². The molecule has 0 aromatic carbocycles. The second kappa shape index (κ2) is 10.9. The summed E-state index contributed by atoms with van der Waals surface area (Å²) in [5, 5.41) is 5.93. The molecular weight excluding hydrogens is 395 g/mol. The fourth-order valence-corrected chi connectivity index (χ4v) is 2.33. The van der Waals surface area contributed by atoms with E-state index in [4.69, 9.17) is 10.5 Å². The molecule has 1 aliphatic carbocycles. The van der Waals surface area contributed by atoms with Crippen molar-refractivity contribution in [1.29, 1.82) is 0 Å². The molecular formula is C15H31IN4O2. The summed E-state index contributed by atoms with van der Waals surface area (Å²) in [7, 11) is 0. The molecule has 0 bridgehead atoms. The number of guanidine groups is 1. The first-order chi connectivity index (χ1) is 9.87. The Morgan fingerprint density at radius 3 is 2.36 bits per heavy atom. The number of hydrogen-bond donors (Lipinski definition) is 3. The van der Waals surface area contributed by atoms with Crippen molar-refractivity contribution in [2.45, 2.75) is 70.9 Å². The van der Waals surface area contributed by atoms with E-state index >= 15 is 0 Å². The van der Waals surface area contributed by atoms with Crippen LogP contribution in [0.25, 0.3) is 0 Å². The molecule has 1 amide bonds. The van der Waals surface area contributed by atoms with Crippen molar-refractivity contribution in [1.82, 2.24) is 10.6 Å². The number of rotatable bonds is 4. The van der Waals surface area contributed by atoms with Crippen molar-refractivity contribution in [2.75, 3.05) is 13.1 Å². The van der Waals surface area contributed by atoms with Crippen molar-refractivity contribution in [2.24, 2.45) is 10.7 Å². The van der Waals surface area contributed by atoms with E-state index in [1.807, 2.05) is 20.8 Å². The number of carbonyl (C=O) groups is 1. The lowest BCUT2D eigenvalue weighted by Crippen LogP contribution is -2.40. The van der Waals surface area contributed by atoms with Crippen LogP contribution in [0.3, 0.4) is 0 Å². The molecule has 0 heterocycles. The molecule has 22 heavy (non-hydrogen) atoms. The average molecular weight is 426 g/mol. The molecule has 1 fully saturated rings. The van der Waals surface area contributed by atoms with Crippen LogP contribution in [0.1, 0.15) is 59.3 Å². The summed E-state index contributed by atoms with van der Waals surface area (Å²) in [6.45, 7) is 6.37. The number of nitrogens with one attached hydrogen (secondary N) is 2. The molecule has 0 radical (unpaired) electrons. The quantitative estimate of drug-likeness (QED) is 0.212. The maximum absolute atomic E-state index is 11.4. The Morgan fingerprint density at radius 1 is 1.23 bits per heavy atom. The van der Waals surface area contributed by atoms with Gasteiger partial charge in [0.15, 0.2) is 5.96 Å². The third-order valence-electron chi connectivity index (χ3n) is 3.27. The highest BCUT2D eigenvalue weighted by molar-refractivity contribution is 14.0. The molecule has 7 heteroatoms. The Kier molecular flexibility index (Phi) is 10.5. The van der Waals surface area contributed by atoms with E-state index in [2.05, 4.69) is 15.6 Å². The fourth-order valence-electron chi connectivity index (χ4n) is 2.33. The van der Waals surface area contributed by atoms with Gasteiger partial charge in [-0.15, -0.1) is 24.0 Å². The topological polar surface area (TPSA) is 88.7 Å². The Bertz CT molecular complexity index is 348. The monoisotopic (exact) mass is 426 g/mol. The number of alkyl carbamates (subject to hydrolysis) is 1. The molecule has 0 aromatic heterocycles.